The van der Waals surface area contributed by atoms with Crippen LogP contribution in [0.5, 0.6) is 0 Å². The molecule has 0 aliphatic heterocycles. The van der Waals surface area contributed by atoms with E-state index in [0.29, 0.717) is 0 Å². The lowest BCUT2D eigenvalue weighted by Crippen LogP contribution is -2.23. The summed E-state index contributed by atoms with van der Waals surface area (Å²) in [5, 5.41) is 0. The highest BCUT2D eigenvalue weighted by molar-refractivity contribution is 4.53. The molecule has 0 aromatic heterocycles. The van der Waals surface area contributed by atoms with Crippen LogP contribution in [0.15, 0.2) is 0 Å². The van der Waals surface area contributed by atoms with Crippen LogP contribution in [0.25, 0.3) is 0 Å². The van der Waals surface area contributed by atoms with Gasteiger partial charge >= 0.3 is 0 Å². The van der Waals surface area contributed by atoms with Gasteiger partial charge in [-0.25, -0.2) is 0 Å². The third kappa shape index (κ3) is 4.09. The Hall–Kier alpha value is -0.0800. The quantitative estimate of drug-likeness (QED) is 0.522. The Balaban J connectivity index is 0. The van der Waals surface area contributed by atoms with Crippen molar-refractivity contribution < 1.29 is 5.48 Å². The van der Waals surface area contributed by atoms with Gasteiger partial charge in [-0.3, -0.25) is 0 Å². The summed E-state index contributed by atoms with van der Waals surface area (Å²) in [6.45, 7) is 4.42. The first-order chi connectivity index (χ1) is 3.18. The SMILES string of the molecule is CCC(C)N(C)C.O. The molecular weight excluding hydrogens is 102 g/mol. The molecule has 1 unspecified atom stereocenters. The molecule has 0 bridgehead atoms. The fourth-order valence-corrected chi connectivity index (χ4v) is 0.365. The molecule has 0 aromatic rings. The minimum absolute atomic E-state index is 0. The van der Waals surface area contributed by atoms with E-state index in [2.05, 4.69) is 32.8 Å². The predicted molar refractivity (Wildman–Crippen MR) is 37.1 cm³/mol. The van der Waals surface area contributed by atoms with Gasteiger partial charge in [0.1, 0.15) is 0 Å². The Bertz CT molecular complexity index is 45.8. The van der Waals surface area contributed by atoms with E-state index in [1.54, 1.807) is 0 Å². The van der Waals surface area contributed by atoms with Gasteiger partial charge in [-0.15, -0.1) is 0 Å². The predicted octanol–water partition coefficient (Wildman–Crippen LogP) is 0.522. The second-order valence-corrected chi connectivity index (χ2v) is 2.22. The van der Waals surface area contributed by atoms with Crippen molar-refractivity contribution in [2.75, 3.05) is 14.1 Å². The van der Waals surface area contributed by atoms with Crippen LogP contribution < -0.4 is 0 Å². The van der Waals surface area contributed by atoms with E-state index >= 15 is 0 Å². The number of hydrogen-bond donors (Lipinski definition) is 0. The summed E-state index contributed by atoms with van der Waals surface area (Å²) in [7, 11) is 4.21. The van der Waals surface area contributed by atoms with Gasteiger partial charge in [-0.05, 0) is 27.4 Å². The van der Waals surface area contributed by atoms with E-state index in [1.807, 2.05) is 0 Å². The Morgan fingerprint density at radius 3 is 1.75 bits per heavy atom. The molecule has 2 heteroatoms. The van der Waals surface area contributed by atoms with Crippen LogP contribution >= 0.6 is 0 Å². The maximum atomic E-state index is 2.22. The van der Waals surface area contributed by atoms with Crippen molar-refractivity contribution in [1.82, 2.24) is 4.90 Å². The van der Waals surface area contributed by atoms with Crippen molar-refractivity contribution in [2.45, 2.75) is 26.3 Å². The Kier molecular flexibility index (Phi) is 6.85. The number of nitrogens with zero attached hydrogens (tertiary/aromatic N) is 1. The fourth-order valence-electron chi connectivity index (χ4n) is 0.365. The summed E-state index contributed by atoms with van der Waals surface area (Å²) in [6.07, 6.45) is 1.24. The summed E-state index contributed by atoms with van der Waals surface area (Å²) in [5.41, 5.74) is 0. The highest BCUT2D eigenvalue weighted by Crippen LogP contribution is 1.93. The van der Waals surface area contributed by atoms with Crippen LogP contribution in [-0.4, -0.2) is 30.5 Å². The summed E-state index contributed by atoms with van der Waals surface area (Å²) < 4.78 is 0. The van der Waals surface area contributed by atoms with Gasteiger partial charge in [0.2, 0.25) is 0 Å². The lowest BCUT2D eigenvalue weighted by atomic mass is 10.2. The minimum atomic E-state index is 0. The molecule has 52 valence electrons. The third-order valence-electron chi connectivity index (χ3n) is 1.47. The van der Waals surface area contributed by atoms with Crippen molar-refractivity contribution in [1.29, 1.82) is 0 Å². The molecular formula is C6H17NO. The normalized spacial score (nSPS) is 13.1. The van der Waals surface area contributed by atoms with Gasteiger partial charge < -0.3 is 10.4 Å². The highest BCUT2D eigenvalue weighted by atomic mass is 16.0. The van der Waals surface area contributed by atoms with Crippen LogP contribution in [0, 0.1) is 0 Å². The minimum Gasteiger partial charge on any atom is -0.412 e. The number of rotatable bonds is 2. The Morgan fingerprint density at radius 1 is 1.38 bits per heavy atom. The monoisotopic (exact) mass is 119 g/mol. The van der Waals surface area contributed by atoms with E-state index in [-0.39, 0.29) is 5.48 Å². The zero-order chi connectivity index (χ0) is 5.86. The second-order valence-electron chi connectivity index (χ2n) is 2.22. The lowest BCUT2D eigenvalue weighted by Gasteiger charge is -2.16. The Labute approximate surface area is 51.8 Å². The molecule has 0 amide bonds. The third-order valence-corrected chi connectivity index (χ3v) is 1.47. The zero-order valence-electron chi connectivity index (χ0n) is 6.23. The van der Waals surface area contributed by atoms with Gasteiger partial charge in [-0.1, -0.05) is 6.92 Å². The van der Waals surface area contributed by atoms with Crippen LogP contribution in [-0.2, 0) is 0 Å². The summed E-state index contributed by atoms with van der Waals surface area (Å²) in [5.74, 6) is 0. The van der Waals surface area contributed by atoms with Gasteiger partial charge in [0.25, 0.3) is 0 Å². The van der Waals surface area contributed by atoms with Crippen LogP contribution in [0.1, 0.15) is 20.3 Å². The molecule has 2 nitrogen and oxygen atoms in total. The summed E-state index contributed by atoms with van der Waals surface area (Å²) in [6, 6.07) is 0.736. The zero-order valence-corrected chi connectivity index (χ0v) is 6.23. The largest absolute Gasteiger partial charge is 0.412 e. The first kappa shape index (κ1) is 10.8. The van der Waals surface area contributed by atoms with Crippen molar-refractivity contribution in [3.63, 3.8) is 0 Å². The first-order valence-corrected chi connectivity index (χ1v) is 2.85. The maximum absolute atomic E-state index is 2.22. The molecule has 0 saturated carbocycles. The topological polar surface area (TPSA) is 34.7 Å². The second kappa shape index (κ2) is 5.06. The first-order valence-electron chi connectivity index (χ1n) is 2.85. The number of hydrogen-bond acceptors (Lipinski definition) is 1. The molecule has 0 aliphatic rings. The van der Waals surface area contributed by atoms with Gasteiger partial charge in [-0.2, -0.15) is 0 Å². The van der Waals surface area contributed by atoms with Crippen LogP contribution in [0.4, 0.5) is 0 Å². The molecule has 0 aromatic carbocycles. The highest BCUT2D eigenvalue weighted by Gasteiger charge is 1.96. The van der Waals surface area contributed by atoms with Crippen molar-refractivity contribution in [3.8, 4) is 0 Å². The molecule has 8 heavy (non-hydrogen) atoms. The smallest absolute Gasteiger partial charge is 0.00582 e. The standard InChI is InChI=1S/C6H15N.H2O/c1-5-6(2)7(3)4;/h6H,5H2,1-4H3;1H2. The van der Waals surface area contributed by atoms with Crippen molar-refractivity contribution >= 4 is 0 Å². The lowest BCUT2D eigenvalue weighted by molar-refractivity contribution is 0.307. The van der Waals surface area contributed by atoms with E-state index in [9.17, 15) is 0 Å². The Morgan fingerprint density at radius 2 is 1.75 bits per heavy atom. The van der Waals surface area contributed by atoms with Crippen molar-refractivity contribution in [3.05, 3.63) is 0 Å². The van der Waals surface area contributed by atoms with Crippen molar-refractivity contribution in [2.24, 2.45) is 0 Å². The molecule has 0 aliphatic carbocycles. The molecule has 1 atom stereocenters. The van der Waals surface area contributed by atoms with Gasteiger partial charge in [0.05, 0.1) is 0 Å². The fraction of sp³-hybridized carbons (Fsp3) is 1.00. The van der Waals surface area contributed by atoms with E-state index in [4.69, 9.17) is 0 Å². The molecule has 0 fully saturated rings. The van der Waals surface area contributed by atoms with E-state index in [1.165, 1.54) is 6.42 Å². The van der Waals surface area contributed by atoms with Crippen LogP contribution in [0.2, 0.25) is 0 Å². The van der Waals surface area contributed by atoms with Crippen LogP contribution in [0.3, 0.4) is 0 Å². The molecule has 0 radical (unpaired) electrons. The molecule has 0 spiro atoms. The molecule has 0 heterocycles. The molecule has 0 saturated heterocycles. The summed E-state index contributed by atoms with van der Waals surface area (Å²) in [4.78, 5) is 2.22. The average molecular weight is 119 g/mol. The maximum Gasteiger partial charge on any atom is 0.00582 e. The van der Waals surface area contributed by atoms with E-state index in [0.717, 1.165) is 6.04 Å². The average Bonchev–Trinajstić information content (AvgIpc) is 1.65. The summed E-state index contributed by atoms with van der Waals surface area (Å²) >= 11 is 0. The van der Waals surface area contributed by atoms with E-state index < -0.39 is 0 Å². The molecule has 2 N–H and O–H groups in total. The van der Waals surface area contributed by atoms with Gasteiger partial charge in [0.15, 0.2) is 0 Å². The molecule has 0 rings (SSSR count). The van der Waals surface area contributed by atoms with Gasteiger partial charge in [0, 0.05) is 6.04 Å².